The van der Waals surface area contributed by atoms with E-state index in [1.807, 2.05) is 18.2 Å². The molecule has 4 rings (SSSR count). The van der Waals surface area contributed by atoms with E-state index in [0.29, 0.717) is 5.62 Å². The second-order valence-electron chi connectivity index (χ2n) is 4.69. The number of anilines is 1. The molecule has 0 amide bonds. The first-order valence-corrected chi connectivity index (χ1v) is 7.35. The number of nitrogens with one attached hydrogen (secondary N) is 1. The van der Waals surface area contributed by atoms with Crippen molar-refractivity contribution in [2.75, 3.05) is 11.9 Å². The van der Waals surface area contributed by atoms with Gasteiger partial charge in [-0.05, 0) is 34.1 Å². The highest BCUT2D eigenvalue weighted by atomic mass is 79.9. The summed E-state index contributed by atoms with van der Waals surface area (Å²) in [6, 6.07) is 5.74. The smallest absolute Gasteiger partial charge is 0.251 e. The van der Waals surface area contributed by atoms with E-state index in [4.69, 9.17) is 0 Å². The number of hydrogen-bond acceptors (Lipinski definition) is 5. The number of fused-ring (bicyclic) bond motifs is 3. The largest absolute Gasteiger partial charge is 0.369 e. The van der Waals surface area contributed by atoms with Gasteiger partial charge in [-0.1, -0.05) is 0 Å². The van der Waals surface area contributed by atoms with Crippen LogP contribution < -0.4 is 10.9 Å². The van der Waals surface area contributed by atoms with E-state index < -0.39 is 0 Å². The zero-order valence-electron chi connectivity index (χ0n) is 11.0. The van der Waals surface area contributed by atoms with Crippen LogP contribution in [0.3, 0.4) is 0 Å². The molecule has 0 saturated heterocycles. The molecule has 1 aromatic heterocycles. The van der Waals surface area contributed by atoms with E-state index >= 15 is 0 Å². The quantitative estimate of drug-likeness (QED) is 0.736. The van der Waals surface area contributed by atoms with Gasteiger partial charge in [-0.3, -0.25) is 4.98 Å². The average molecular weight is 343 g/mol. The van der Waals surface area contributed by atoms with Gasteiger partial charge < -0.3 is 9.88 Å². The summed E-state index contributed by atoms with van der Waals surface area (Å²) in [4.78, 5) is 17.3. The van der Waals surface area contributed by atoms with Crippen molar-refractivity contribution in [3.63, 3.8) is 0 Å². The molecule has 6 nitrogen and oxygen atoms in total. The molecule has 3 aliphatic rings. The molecular weight excluding hydrogens is 332 g/mol. The number of nitrogens with zero attached hydrogens (tertiary/aromatic N) is 5. The first-order chi connectivity index (χ1) is 10.3. The maximum atomic E-state index is 4.58. The Hall–Kier alpha value is -2.28. The van der Waals surface area contributed by atoms with Crippen molar-refractivity contribution in [1.29, 1.82) is 0 Å². The fraction of sp³-hybridized carbons (Fsp3) is 0.143. The Morgan fingerprint density at radius 2 is 2.29 bits per heavy atom. The number of hydrogen-bond donors (Lipinski definition) is 1. The molecule has 7 heteroatoms. The monoisotopic (exact) mass is 342 g/mol. The molecule has 0 aromatic carbocycles. The summed E-state index contributed by atoms with van der Waals surface area (Å²) in [5, 5.41) is 3.34. The lowest BCUT2D eigenvalue weighted by Crippen LogP contribution is -2.17. The Labute approximate surface area is 129 Å². The van der Waals surface area contributed by atoms with Crippen LogP contribution in [0.15, 0.2) is 46.3 Å². The summed E-state index contributed by atoms with van der Waals surface area (Å²) < 4.78 is 3.16. The summed E-state index contributed by atoms with van der Waals surface area (Å²) in [5.74, 6) is 1.93. The van der Waals surface area contributed by atoms with E-state index in [2.05, 4.69) is 45.8 Å². The van der Waals surface area contributed by atoms with E-state index in [1.54, 1.807) is 18.6 Å². The third kappa shape index (κ3) is 2.19. The highest BCUT2D eigenvalue weighted by Crippen LogP contribution is 2.32. The summed E-state index contributed by atoms with van der Waals surface area (Å²) >= 11 is 3.57. The van der Waals surface area contributed by atoms with Crippen molar-refractivity contribution in [2.45, 2.75) is 6.54 Å². The Morgan fingerprint density at radius 3 is 3.14 bits per heavy atom. The van der Waals surface area contributed by atoms with Gasteiger partial charge in [0, 0.05) is 31.0 Å². The third-order valence-electron chi connectivity index (χ3n) is 3.32. The average Bonchev–Trinajstić information content (AvgIpc) is 3.00. The minimum Gasteiger partial charge on any atom is -0.369 e. The first kappa shape index (κ1) is 12.5. The molecule has 4 heterocycles. The molecule has 104 valence electrons. The van der Waals surface area contributed by atoms with Gasteiger partial charge in [0.25, 0.3) is 5.62 Å². The first-order valence-electron chi connectivity index (χ1n) is 6.56. The molecule has 0 atom stereocenters. The normalized spacial score (nSPS) is 14.2. The van der Waals surface area contributed by atoms with Crippen molar-refractivity contribution in [3.8, 4) is 11.4 Å². The van der Waals surface area contributed by atoms with Crippen molar-refractivity contribution in [1.82, 2.24) is 19.5 Å². The summed E-state index contributed by atoms with van der Waals surface area (Å²) in [6.45, 7) is 1.78. The highest BCUT2D eigenvalue weighted by molar-refractivity contribution is 9.10. The van der Waals surface area contributed by atoms with Gasteiger partial charge in [0.2, 0.25) is 0 Å². The van der Waals surface area contributed by atoms with Crippen molar-refractivity contribution < 1.29 is 0 Å². The van der Waals surface area contributed by atoms with Gasteiger partial charge in [0.05, 0.1) is 16.4 Å². The zero-order valence-corrected chi connectivity index (χ0v) is 12.6. The van der Waals surface area contributed by atoms with Crippen LogP contribution in [0.25, 0.3) is 11.4 Å². The molecule has 0 spiro atoms. The maximum Gasteiger partial charge on any atom is 0.251 e. The van der Waals surface area contributed by atoms with E-state index in [9.17, 15) is 0 Å². The van der Waals surface area contributed by atoms with E-state index in [-0.39, 0.29) is 0 Å². The molecular formula is C14H11BrN6. The molecule has 0 unspecified atom stereocenters. The maximum absolute atomic E-state index is 4.58. The van der Waals surface area contributed by atoms with Crippen LogP contribution in [0.1, 0.15) is 0 Å². The molecule has 21 heavy (non-hydrogen) atoms. The van der Waals surface area contributed by atoms with Gasteiger partial charge >= 0.3 is 0 Å². The predicted octanol–water partition coefficient (Wildman–Crippen LogP) is 2.20. The second-order valence-corrected chi connectivity index (χ2v) is 5.55. The molecule has 0 aliphatic carbocycles. The van der Waals surface area contributed by atoms with Gasteiger partial charge in [-0.15, -0.1) is 0 Å². The molecule has 0 bridgehead atoms. The Morgan fingerprint density at radius 1 is 1.33 bits per heavy atom. The van der Waals surface area contributed by atoms with Gasteiger partial charge in [0.1, 0.15) is 11.6 Å². The molecule has 0 saturated carbocycles. The van der Waals surface area contributed by atoms with E-state index in [1.165, 1.54) is 0 Å². The molecule has 3 aliphatic heterocycles. The van der Waals surface area contributed by atoms with Crippen LogP contribution in [0.2, 0.25) is 0 Å². The minimum absolute atomic E-state index is 0.444. The minimum atomic E-state index is 0.444. The predicted molar refractivity (Wildman–Crippen MR) is 82.3 cm³/mol. The zero-order chi connectivity index (χ0) is 14.2. The molecule has 1 aromatic rings. The number of rotatable bonds is 1. The van der Waals surface area contributed by atoms with Crippen LogP contribution in [-0.2, 0) is 6.54 Å². The summed E-state index contributed by atoms with van der Waals surface area (Å²) in [7, 11) is 0. The molecule has 1 N–H and O–H groups in total. The van der Waals surface area contributed by atoms with Gasteiger partial charge in [-0.2, -0.15) is 4.98 Å². The number of pyridine rings is 2. The topological polar surface area (TPSA) is 68.0 Å². The Balaban J connectivity index is 1.93. The van der Waals surface area contributed by atoms with Gasteiger partial charge in [0.15, 0.2) is 0 Å². The van der Waals surface area contributed by atoms with Crippen LogP contribution in [-0.4, -0.2) is 26.1 Å². The standard InChI is InChI=1S/C14H11BrN6/c15-11-6-9-7-18-14(19-10-2-1-3-16-8-10)20-12(9)21-5-4-17-13(11)21/h1-3,6-8,17H,4-5H2. The van der Waals surface area contributed by atoms with Crippen LogP contribution >= 0.6 is 15.9 Å². The summed E-state index contributed by atoms with van der Waals surface area (Å²) in [5.41, 5.74) is 2.17. The Kier molecular flexibility index (Phi) is 2.92. The molecule has 0 radical (unpaired) electrons. The van der Waals surface area contributed by atoms with Crippen LogP contribution in [0, 0.1) is 0 Å². The van der Waals surface area contributed by atoms with Crippen molar-refractivity contribution >= 4 is 27.4 Å². The SMILES string of the molecule is Brc1cc2cnc(=Nc3cccnc3)nc-2n2c1NCC2. The molecule has 0 fully saturated rings. The third-order valence-corrected chi connectivity index (χ3v) is 3.92. The number of aromatic nitrogens is 4. The lowest BCUT2D eigenvalue weighted by Gasteiger charge is -2.13. The highest BCUT2D eigenvalue weighted by Gasteiger charge is 2.19. The van der Waals surface area contributed by atoms with Crippen LogP contribution in [0.4, 0.5) is 11.5 Å². The van der Waals surface area contributed by atoms with Crippen LogP contribution in [0.5, 0.6) is 0 Å². The van der Waals surface area contributed by atoms with Crippen molar-refractivity contribution in [3.05, 3.63) is 46.9 Å². The lowest BCUT2D eigenvalue weighted by atomic mass is 10.2. The fourth-order valence-corrected chi connectivity index (χ4v) is 3.00. The Bertz CT molecular complexity index is 842. The lowest BCUT2D eigenvalue weighted by molar-refractivity contribution is 0.778. The fourth-order valence-electron chi connectivity index (χ4n) is 2.40. The van der Waals surface area contributed by atoms with Crippen molar-refractivity contribution in [2.24, 2.45) is 4.99 Å². The van der Waals surface area contributed by atoms with E-state index in [0.717, 1.165) is 40.5 Å². The van der Waals surface area contributed by atoms with Gasteiger partial charge in [-0.25, -0.2) is 9.98 Å². The number of halogens is 1. The second kappa shape index (κ2) is 4.92. The summed E-state index contributed by atoms with van der Waals surface area (Å²) in [6.07, 6.45) is 5.20.